The van der Waals surface area contributed by atoms with E-state index in [1.54, 1.807) is 6.07 Å². The summed E-state index contributed by atoms with van der Waals surface area (Å²) in [4.78, 5) is 6.80. The number of aliphatic hydroxyl groups is 1. The van der Waals surface area contributed by atoms with E-state index in [9.17, 15) is 14.8 Å². The number of anilines is 1. The highest BCUT2D eigenvalue weighted by Crippen LogP contribution is 2.39. The third-order valence-corrected chi connectivity index (χ3v) is 7.20. The SMILES string of the molecule is CN1CC[C@@H](n2c(NC#N)nc3cc(/C=C4\c5ccccc5COc5cc(F)ccc54)ccc32)[C@H](O)C1. The van der Waals surface area contributed by atoms with Crippen molar-refractivity contribution in [2.45, 2.75) is 25.2 Å². The molecule has 4 aromatic rings. The molecule has 2 aliphatic rings. The maximum absolute atomic E-state index is 14.0. The van der Waals surface area contributed by atoms with Crippen LogP contribution in [0.3, 0.4) is 0 Å². The largest absolute Gasteiger partial charge is 0.488 e. The van der Waals surface area contributed by atoms with Crippen LogP contribution in [0.15, 0.2) is 60.7 Å². The number of halogens is 1. The van der Waals surface area contributed by atoms with E-state index < -0.39 is 6.10 Å². The molecule has 7 nitrogen and oxygen atoms in total. The summed E-state index contributed by atoms with van der Waals surface area (Å²) < 4.78 is 21.9. The number of aliphatic hydroxyl groups excluding tert-OH is 1. The van der Waals surface area contributed by atoms with Crippen LogP contribution >= 0.6 is 0 Å². The standard InChI is InChI=1S/C29H26FN5O2/c1-34-11-10-26(27(36)15-34)35-25-9-6-18(13-24(25)33-29(35)32-17-31)12-23-21-5-3-2-4-19(21)16-37-28-14-20(30)7-8-22(23)28/h2-9,12-14,26-27,36H,10-11,15-16H2,1H3,(H,32,33)/b23-12+/t26-,27-/m1/s1. The summed E-state index contributed by atoms with van der Waals surface area (Å²) in [6.07, 6.45) is 4.22. The number of fused-ring (bicyclic) bond motifs is 3. The highest BCUT2D eigenvalue weighted by Gasteiger charge is 2.30. The van der Waals surface area contributed by atoms with Gasteiger partial charge < -0.3 is 19.3 Å². The first-order valence-corrected chi connectivity index (χ1v) is 12.3. The Morgan fingerprint density at radius 3 is 2.86 bits per heavy atom. The number of ether oxygens (including phenoxy) is 1. The number of imidazole rings is 1. The quantitative estimate of drug-likeness (QED) is 0.314. The molecule has 1 fully saturated rings. The lowest BCUT2D eigenvalue weighted by atomic mass is 9.92. The summed E-state index contributed by atoms with van der Waals surface area (Å²) in [5, 5.41) is 22.9. The van der Waals surface area contributed by atoms with Gasteiger partial charge in [-0.2, -0.15) is 5.26 Å². The molecular formula is C29H26FN5O2. The van der Waals surface area contributed by atoms with Gasteiger partial charge in [-0.3, -0.25) is 5.32 Å². The summed E-state index contributed by atoms with van der Waals surface area (Å²) in [5.41, 5.74) is 6.27. The van der Waals surface area contributed by atoms with Crippen molar-refractivity contribution in [3.8, 4) is 11.9 Å². The number of nitriles is 1. The summed E-state index contributed by atoms with van der Waals surface area (Å²) in [5.74, 6) is 0.583. The average molecular weight is 496 g/mol. The number of aromatic nitrogens is 2. The minimum atomic E-state index is -0.573. The van der Waals surface area contributed by atoms with Crippen molar-refractivity contribution in [2.24, 2.45) is 0 Å². The molecule has 3 aromatic carbocycles. The Bertz CT molecular complexity index is 1570. The van der Waals surface area contributed by atoms with Crippen LogP contribution in [0.2, 0.25) is 0 Å². The van der Waals surface area contributed by atoms with Crippen LogP contribution in [0.5, 0.6) is 5.75 Å². The fourth-order valence-corrected chi connectivity index (χ4v) is 5.43. The van der Waals surface area contributed by atoms with Crippen LogP contribution < -0.4 is 10.1 Å². The number of hydrogen-bond acceptors (Lipinski definition) is 6. The van der Waals surface area contributed by atoms with Gasteiger partial charge in [-0.1, -0.05) is 30.3 Å². The Balaban J connectivity index is 1.48. The monoisotopic (exact) mass is 495 g/mol. The lowest BCUT2D eigenvalue weighted by molar-refractivity contribution is 0.0403. The third kappa shape index (κ3) is 4.22. The van der Waals surface area contributed by atoms with Crippen molar-refractivity contribution in [1.82, 2.24) is 14.5 Å². The molecule has 0 spiro atoms. The van der Waals surface area contributed by atoms with E-state index in [0.29, 0.717) is 24.8 Å². The Labute approximate surface area is 214 Å². The second kappa shape index (κ2) is 9.36. The molecule has 0 unspecified atom stereocenters. The Hall–Kier alpha value is -4.19. The van der Waals surface area contributed by atoms with Gasteiger partial charge in [-0.15, -0.1) is 0 Å². The zero-order valence-electron chi connectivity index (χ0n) is 20.4. The minimum Gasteiger partial charge on any atom is -0.488 e. The first-order valence-electron chi connectivity index (χ1n) is 12.3. The molecule has 0 aliphatic carbocycles. The highest BCUT2D eigenvalue weighted by atomic mass is 19.1. The number of nitrogens with zero attached hydrogens (tertiary/aromatic N) is 4. The van der Waals surface area contributed by atoms with E-state index in [2.05, 4.69) is 16.3 Å². The molecule has 6 rings (SSSR count). The Morgan fingerprint density at radius 1 is 1.16 bits per heavy atom. The minimum absolute atomic E-state index is 0.186. The fourth-order valence-electron chi connectivity index (χ4n) is 5.43. The van der Waals surface area contributed by atoms with Gasteiger partial charge in [0.2, 0.25) is 5.95 Å². The predicted molar refractivity (Wildman–Crippen MR) is 140 cm³/mol. The smallest absolute Gasteiger partial charge is 0.217 e. The molecule has 2 aliphatic heterocycles. The fraction of sp³-hybridized carbons (Fsp3) is 0.241. The average Bonchev–Trinajstić information content (AvgIpc) is 3.16. The van der Waals surface area contributed by atoms with E-state index in [1.165, 1.54) is 12.1 Å². The molecule has 3 heterocycles. The molecule has 37 heavy (non-hydrogen) atoms. The summed E-state index contributed by atoms with van der Waals surface area (Å²) in [7, 11) is 1.99. The number of likely N-dealkylation sites (tertiary alicyclic amines) is 1. The number of hydrogen-bond donors (Lipinski definition) is 2. The number of likely N-dealkylation sites (N-methyl/N-ethyl adjacent to an activating group) is 1. The molecule has 2 N–H and O–H groups in total. The summed E-state index contributed by atoms with van der Waals surface area (Å²) in [6, 6.07) is 18.4. The van der Waals surface area contributed by atoms with Gasteiger partial charge in [0.1, 0.15) is 18.2 Å². The van der Waals surface area contributed by atoms with E-state index in [0.717, 1.165) is 51.8 Å². The molecular weight excluding hydrogens is 469 g/mol. The molecule has 0 radical (unpaired) electrons. The number of nitrogens with one attached hydrogen (secondary N) is 1. The second-order valence-electron chi connectivity index (χ2n) is 9.62. The van der Waals surface area contributed by atoms with E-state index in [4.69, 9.17) is 9.72 Å². The van der Waals surface area contributed by atoms with E-state index in [-0.39, 0.29) is 11.9 Å². The molecule has 0 bridgehead atoms. The van der Waals surface area contributed by atoms with Gasteiger partial charge in [-0.05, 0) is 66.1 Å². The second-order valence-corrected chi connectivity index (χ2v) is 9.62. The number of rotatable bonds is 3. The molecule has 2 atom stereocenters. The predicted octanol–water partition coefficient (Wildman–Crippen LogP) is 4.79. The first kappa shape index (κ1) is 23.2. The van der Waals surface area contributed by atoms with Crippen LogP contribution in [0.1, 0.15) is 34.7 Å². The van der Waals surface area contributed by atoms with Gasteiger partial charge in [0.15, 0.2) is 6.19 Å². The maximum atomic E-state index is 14.0. The number of benzene rings is 3. The van der Waals surface area contributed by atoms with Gasteiger partial charge in [-0.25, -0.2) is 9.37 Å². The van der Waals surface area contributed by atoms with Crippen molar-refractivity contribution in [1.29, 1.82) is 5.26 Å². The molecule has 1 aromatic heterocycles. The number of piperidine rings is 1. The Kier molecular flexibility index (Phi) is 5.87. The van der Waals surface area contributed by atoms with Crippen molar-refractivity contribution < 1.29 is 14.2 Å². The van der Waals surface area contributed by atoms with Gasteiger partial charge in [0.25, 0.3) is 0 Å². The molecule has 0 saturated carbocycles. The zero-order chi connectivity index (χ0) is 25.5. The van der Waals surface area contributed by atoms with Gasteiger partial charge in [0, 0.05) is 24.7 Å². The molecule has 186 valence electrons. The van der Waals surface area contributed by atoms with E-state index >= 15 is 0 Å². The van der Waals surface area contributed by atoms with Crippen molar-refractivity contribution >= 4 is 28.6 Å². The lowest BCUT2D eigenvalue weighted by Gasteiger charge is -2.35. The number of β-amino-alcohol motifs (C(OH)–C–C–N with tert-alkyl or cyclic N) is 1. The van der Waals surface area contributed by atoms with Gasteiger partial charge in [0.05, 0.1) is 23.2 Å². The molecule has 0 amide bonds. The van der Waals surface area contributed by atoms with Crippen molar-refractivity contribution in [3.63, 3.8) is 0 Å². The highest BCUT2D eigenvalue weighted by molar-refractivity contribution is 5.96. The van der Waals surface area contributed by atoms with Crippen LogP contribution in [0, 0.1) is 17.3 Å². The van der Waals surface area contributed by atoms with Crippen molar-refractivity contribution in [3.05, 3.63) is 88.7 Å². The first-order chi connectivity index (χ1) is 18.0. The van der Waals surface area contributed by atoms with Crippen LogP contribution in [0.4, 0.5) is 10.3 Å². The Morgan fingerprint density at radius 2 is 2.03 bits per heavy atom. The summed E-state index contributed by atoms with van der Waals surface area (Å²) >= 11 is 0. The summed E-state index contributed by atoms with van der Waals surface area (Å²) in [6.45, 7) is 1.76. The van der Waals surface area contributed by atoms with E-state index in [1.807, 2.05) is 60.3 Å². The van der Waals surface area contributed by atoms with Crippen LogP contribution in [-0.2, 0) is 6.61 Å². The van der Waals surface area contributed by atoms with Crippen molar-refractivity contribution in [2.75, 3.05) is 25.5 Å². The lowest BCUT2D eigenvalue weighted by Crippen LogP contribution is -2.42. The van der Waals surface area contributed by atoms with Crippen LogP contribution in [-0.4, -0.2) is 45.8 Å². The molecule has 8 heteroatoms. The third-order valence-electron chi connectivity index (χ3n) is 7.20. The molecule has 1 saturated heterocycles. The normalized spacial score (nSPS) is 20.5. The topological polar surface area (TPSA) is 86.3 Å². The maximum Gasteiger partial charge on any atom is 0.217 e. The van der Waals surface area contributed by atoms with Crippen LogP contribution in [0.25, 0.3) is 22.7 Å². The van der Waals surface area contributed by atoms with Gasteiger partial charge >= 0.3 is 0 Å². The zero-order valence-corrected chi connectivity index (χ0v) is 20.4.